The second kappa shape index (κ2) is 6.81. The number of likely N-dealkylation sites (N-methyl/N-ethyl adjacent to an activating group) is 1. The third kappa shape index (κ3) is 4.28. The van der Waals surface area contributed by atoms with Gasteiger partial charge in [-0.05, 0) is 57.0 Å². The van der Waals surface area contributed by atoms with Crippen molar-refractivity contribution >= 4 is 11.6 Å². The summed E-state index contributed by atoms with van der Waals surface area (Å²) in [6, 6.07) is 6.53. The summed E-state index contributed by atoms with van der Waals surface area (Å²) in [4.78, 5) is 14.0. The van der Waals surface area contributed by atoms with Gasteiger partial charge < -0.3 is 11.1 Å². The van der Waals surface area contributed by atoms with E-state index in [-0.39, 0.29) is 11.7 Å². The van der Waals surface area contributed by atoms with Gasteiger partial charge in [-0.25, -0.2) is 4.39 Å². The molecule has 3 N–H and O–H groups in total. The van der Waals surface area contributed by atoms with E-state index < -0.39 is 0 Å². The summed E-state index contributed by atoms with van der Waals surface area (Å²) in [6.45, 7) is 0.345. The van der Waals surface area contributed by atoms with E-state index in [0.29, 0.717) is 24.3 Å². The average Bonchev–Trinajstić information content (AvgIpc) is 2.42. The van der Waals surface area contributed by atoms with Crippen LogP contribution in [0.25, 0.3) is 0 Å². The molecule has 1 saturated carbocycles. The summed E-state index contributed by atoms with van der Waals surface area (Å²) in [7, 11) is 1.96. The Labute approximate surface area is 119 Å². The number of benzene rings is 1. The summed E-state index contributed by atoms with van der Waals surface area (Å²) in [5, 5.41) is 2.78. The molecule has 0 aliphatic heterocycles. The lowest BCUT2D eigenvalue weighted by Gasteiger charge is -2.33. The molecule has 20 heavy (non-hydrogen) atoms. The van der Waals surface area contributed by atoms with Gasteiger partial charge in [0, 0.05) is 17.8 Å². The molecule has 0 spiro atoms. The van der Waals surface area contributed by atoms with Gasteiger partial charge in [0.25, 0.3) is 0 Å². The van der Waals surface area contributed by atoms with Crippen LogP contribution >= 0.6 is 0 Å². The first-order valence-corrected chi connectivity index (χ1v) is 7.06. The molecule has 0 saturated heterocycles. The summed E-state index contributed by atoms with van der Waals surface area (Å²) in [5.41, 5.74) is 6.51. The predicted octanol–water partition coefficient (Wildman–Crippen LogP) is 1.97. The molecule has 0 radical (unpaired) electrons. The number of amides is 1. The maximum absolute atomic E-state index is 12.8. The smallest absolute Gasteiger partial charge is 0.238 e. The molecule has 1 fully saturated rings. The first kappa shape index (κ1) is 14.9. The first-order chi connectivity index (χ1) is 9.54. The fourth-order valence-corrected chi connectivity index (χ4v) is 2.63. The maximum Gasteiger partial charge on any atom is 0.238 e. The minimum absolute atomic E-state index is 0.0750. The molecule has 0 unspecified atom stereocenters. The number of hydrogen-bond donors (Lipinski definition) is 2. The SMILES string of the molecule is CN(CC(=O)Nc1ccc(F)cc1)C1CCC(N)CC1. The molecule has 1 aromatic carbocycles. The van der Waals surface area contributed by atoms with Gasteiger partial charge in [-0.1, -0.05) is 0 Å². The van der Waals surface area contributed by atoms with E-state index in [1.807, 2.05) is 7.05 Å². The van der Waals surface area contributed by atoms with E-state index in [1.54, 1.807) is 12.1 Å². The van der Waals surface area contributed by atoms with Crippen LogP contribution in [0.15, 0.2) is 24.3 Å². The summed E-state index contributed by atoms with van der Waals surface area (Å²) in [6.07, 6.45) is 4.13. The Kier molecular flexibility index (Phi) is 5.09. The number of anilines is 1. The van der Waals surface area contributed by atoms with Crippen molar-refractivity contribution in [2.24, 2.45) is 5.73 Å². The molecule has 0 bridgehead atoms. The molecular weight excluding hydrogens is 257 g/mol. The number of hydrogen-bond acceptors (Lipinski definition) is 3. The van der Waals surface area contributed by atoms with Crippen LogP contribution in [0.2, 0.25) is 0 Å². The Morgan fingerprint density at radius 2 is 1.90 bits per heavy atom. The van der Waals surface area contributed by atoms with Gasteiger partial charge in [-0.15, -0.1) is 0 Å². The number of carbonyl (C=O) groups is 1. The van der Waals surface area contributed by atoms with Crippen molar-refractivity contribution in [1.82, 2.24) is 4.90 Å². The van der Waals surface area contributed by atoms with Gasteiger partial charge in [0.15, 0.2) is 0 Å². The molecule has 0 aromatic heterocycles. The van der Waals surface area contributed by atoms with Crippen LogP contribution in [0.3, 0.4) is 0 Å². The zero-order valence-electron chi connectivity index (χ0n) is 11.8. The first-order valence-electron chi connectivity index (χ1n) is 7.06. The molecule has 0 atom stereocenters. The molecule has 1 amide bonds. The number of nitrogens with two attached hydrogens (primary N) is 1. The van der Waals surface area contributed by atoms with Crippen LogP contribution in [0.5, 0.6) is 0 Å². The van der Waals surface area contributed by atoms with Crippen LogP contribution in [0.4, 0.5) is 10.1 Å². The van der Waals surface area contributed by atoms with Gasteiger partial charge in [0.2, 0.25) is 5.91 Å². The monoisotopic (exact) mass is 279 g/mol. The molecule has 5 heteroatoms. The molecule has 4 nitrogen and oxygen atoms in total. The lowest BCUT2D eigenvalue weighted by Crippen LogP contribution is -2.42. The Bertz CT molecular complexity index is 441. The van der Waals surface area contributed by atoms with E-state index in [4.69, 9.17) is 5.73 Å². The quantitative estimate of drug-likeness (QED) is 0.886. The Hall–Kier alpha value is -1.46. The highest BCUT2D eigenvalue weighted by molar-refractivity contribution is 5.92. The number of nitrogens with one attached hydrogen (secondary N) is 1. The second-order valence-corrected chi connectivity index (χ2v) is 5.54. The van der Waals surface area contributed by atoms with Gasteiger partial charge in [-0.3, -0.25) is 9.69 Å². The number of carbonyl (C=O) groups excluding carboxylic acids is 1. The lowest BCUT2D eigenvalue weighted by atomic mass is 9.91. The number of nitrogens with zero attached hydrogens (tertiary/aromatic N) is 1. The van der Waals surface area contributed by atoms with Crippen LogP contribution in [-0.4, -0.2) is 36.5 Å². The Balaban J connectivity index is 1.80. The molecule has 1 aliphatic rings. The highest BCUT2D eigenvalue weighted by Gasteiger charge is 2.23. The maximum atomic E-state index is 12.8. The van der Waals surface area contributed by atoms with Gasteiger partial charge in [0.05, 0.1) is 6.54 Å². The molecule has 1 aromatic rings. The standard InChI is InChI=1S/C15H22FN3O/c1-19(14-8-4-12(17)5-9-14)10-15(20)18-13-6-2-11(16)3-7-13/h2-3,6-7,12,14H,4-5,8-10,17H2,1H3,(H,18,20). The second-order valence-electron chi connectivity index (χ2n) is 5.54. The largest absolute Gasteiger partial charge is 0.328 e. The third-order valence-electron chi connectivity index (χ3n) is 3.89. The van der Waals surface area contributed by atoms with Crippen molar-refractivity contribution in [3.63, 3.8) is 0 Å². The van der Waals surface area contributed by atoms with E-state index in [2.05, 4.69) is 10.2 Å². The van der Waals surface area contributed by atoms with Crippen LogP contribution in [0.1, 0.15) is 25.7 Å². The minimum Gasteiger partial charge on any atom is -0.328 e. The van der Waals surface area contributed by atoms with Crippen LogP contribution < -0.4 is 11.1 Å². The fraction of sp³-hybridized carbons (Fsp3) is 0.533. The number of halogens is 1. The van der Waals surface area contributed by atoms with Crippen molar-refractivity contribution < 1.29 is 9.18 Å². The summed E-state index contributed by atoms with van der Waals surface area (Å²) >= 11 is 0. The highest BCUT2D eigenvalue weighted by atomic mass is 19.1. The van der Waals surface area contributed by atoms with Gasteiger partial charge in [0.1, 0.15) is 5.82 Å². The molecule has 0 heterocycles. The predicted molar refractivity (Wildman–Crippen MR) is 77.9 cm³/mol. The van der Waals surface area contributed by atoms with Crippen molar-refractivity contribution in [3.05, 3.63) is 30.1 Å². The van der Waals surface area contributed by atoms with E-state index in [0.717, 1.165) is 25.7 Å². The topological polar surface area (TPSA) is 58.4 Å². The third-order valence-corrected chi connectivity index (χ3v) is 3.89. The van der Waals surface area contributed by atoms with Crippen molar-refractivity contribution in [1.29, 1.82) is 0 Å². The van der Waals surface area contributed by atoms with E-state index >= 15 is 0 Å². The normalized spacial score (nSPS) is 22.8. The van der Waals surface area contributed by atoms with Gasteiger partial charge >= 0.3 is 0 Å². The zero-order valence-corrected chi connectivity index (χ0v) is 11.8. The summed E-state index contributed by atoms with van der Waals surface area (Å²) in [5.74, 6) is -0.382. The zero-order chi connectivity index (χ0) is 14.5. The minimum atomic E-state index is -0.307. The average molecular weight is 279 g/mol. The Morgan fingerprint density at radius 3 is 2.50 bits per heavy atom. The van der Waals surface area contributed by atoms with Crippen LogP contribution in [-0.2, 0) is 4.79 Å². The molecule has 1 aliphatic carbocycles. The Morgan fingerprint density at radius 1 is 1.30 bits per heavy atom. The molecule has 2 rings (SSSR count). The highest BCUT2D eigenvalue weighted by Crippen LogP contribution is 2.21. The van der Waals surface area contributed by atoms with Crippen LogP contribution in [0, 0.1) is 5.82 Å². The molecular formula is C15H22FN3O. The summed E-state index contributed by atoms with van der Waals surface area (Å²) < 4.78 is 12.8. The van der Waals surface area contributed by atoms with E-state index in [9.17, 15) is 9.18 Å². The van der Waals surface area contributed by atoms with Crippen molar-refractivity contribution in [2.45, 2.75) is 37.8 Å². The van der Waals surface area contributed by atoms with E-state index in [1.165, 1.54) is 12.1 Å². The van der Waals surface area contributed by atoms with Crippen molar-refractivity contribution in [3.8, 4) is 0 Å². The molecule has 110 valence electrons. The van der Waals surface area contributed by atoms with Crippen molar-refractivity contribution in [2.75, 3.05) is 18.9 Å². The number of rotatable bonds is 4. The van der Waals surface area contributed by atoms with Gasteiger partial charge in [-0.2, -0.15) is 0 Å². The lowest BCUT2D eigenvalue weighted by molar-refractivity contribution is -0.117. The fourth-order valence-electron chi connectivity index (χ4n) is 2.63.